The van der Waals surface area contributed by atoms with Crippen LogP contribution in [0.1, 0.15) is 0 Å². The van der Waals surface area contributed by atoms with Gasteiger partial charge in [-0.05, 0) is 12.1 Å². The molecule has 0 aromatic carbocycles. The summed E-state index contributed by atoms with van der Waals surface area (Å²) in [6.07, 6.45) is 3.59. The molecule has 2 heterocycles. The molecule has 0 saturated heterocycles. The third-order valence-corrected chi connectivity index (χ3v) is 2.51. The van der Waals surface area contributed by atoms with Crippen LogP contribution in [0.3, 0.4) is 0 Å². The van der Waals surface area contributed by atoms with Crippen molar-refractivity contribution in [3.63, 3.8) is 0 Å². The first kappa shape index (κ1) is 23.0. The van der Waals surface area contributed by atoms with E-state index in [-0.39, 0.29) is 71.3 Å². The average Bonchev–Trinajstić information content (AvgIpc) is 2.21. The van der Waals surface area contributed by atoms with E-state index in [1.165, 1.54) is 0 Å². The molecule has 0 aliphatic heterocycles. The SMILES string of the molecule is [Br-].[Cl-].[Li+].[Mg+2].c1ccc([P-]c2ccccn2)nc1. The molecule has 17 heavy (non-hydrogen) atoms. The summed E-state index contributed by atoms with van der Waals surface area (Å²) >= 11 is 0. The summed E-state index contributed by atoms with van der Waals surface area (Å²) < 4.78 is 0. The van der Waals surface area contributed by atoms with E-state index in [2.05, 4.69) is 9.97 Å². The van der Waals surface area contributed by atoms with Gasteiger partial charge >= 0.3 is 41.9 Å². The van der Waals surface area contributed by atoms with Crippen molar-refractivity contribution in [2.24, 2.45) is 0 Å². The fourth-order valence-corrected chi connectivity index (χ4v) is 1.76. The summed E-state index contributed by atoms with van der Waals surface area (Å²) in [6.45, 7) is 0. The maximum atomic E-state index is 4.22. The van der Waals surface area contributed by atoms with Crippen molar-refractivity contribution in [1.29, 1.82) is 0 Å². The average molecular weight is 334 g/mol. The maximum Gasteiger partial charge on any atom is 2.00 e. The number of nitrogens with zero attached hydrogens (tertiary/aromatic N) is 2. The molecule has 0 amide bonds. The molecular formula is C10H8BrClLiMgN2P. The number of halogens is 2. The van der Waals surface area contributed by atoms with E-state index < -0.39 is 0 Å². The summed E-state index contributed by atoms with van der Waals surface area (Å²) in [4.78, 5) is 8.44. The molecule has 0 N–H and O–H groups in total. The summed E-state index contributed by atoms with van der Waals surface area (Å²) in [7, 11) is 1.06. The smallest absolute Gasteiger partial charge is 1.00 e. The Balaban J connectivity index is -0.000000490. The van der Waals surface area contributed by atoms with E-state index in [1.807, 2.05) is 36.4 Å². The minimum absolute atomic E-state index is 0. The van der Waals surface area contributed by atoms with Gasteiger partial charge in [-0.1, -0.05) is 24.3 Å². The van der Waals surface area contributed by atoms with Gasteiger partial charge in [0, 0.05) is 12.4 Å². The zero-order valence-corrected chi connectivity index (χ0v) is 14.1. The van der Waals surface area contributed by atoms with Crippen molar-refractivity contribution in [2.45, 2.75) is 0 Å². The zero-order chi connectivity index (χ0) is 8.93. The normalized spacial score (nSPS) is 7.53. The standard InChI is InChI=1S/C10H8N2P.BrH.ClH.Li.Mg/c1-3-7-11-9(5-1)13-10-6-2-4-8-12-10;;;;/h1-8H;2*1H;;/q-1;;;+1;+2/p-2. The molecule has 80 valence electrons. The van der Waals surface area contributed by atoms with Crippen molar-refractivity contribution in [2.75, 3.05) is 0 Å². The molecule has 2 aromatic heterocycles. The molecule has 2 aromatic rings. The van der Waals surface area contributed by atoms with Gasteiger partial charge < -0.3 is 38.0 Å². The number of rotatable bonds is 2. The first-order chi connectivity index (χ1) is 6.45. The van der Waals surface area contributed by atoms with Gasteiger partial charge in [0.2, 0.25) is 0 Å². The van der Waals surface area contributed by atoms with E-state index >= 15 is 0 Å². The van der Waals surface area contributed by atoms with Crippen molar-refractivity contribution in [1.82, 2.24) is 9.97 Å². The summed E-state index contributed by atoms with van der Waals surface area (Å²) in [5.74, 6) is 0. The minimum atomic E-state index is 0. The van der Waals surface area contributed by atoms with Crippen molar-refractivity contribution in [3.8, 4) is 0 Å². The number of aromatic nitrogens is 2. The Bertz CT molecular complexity index is 345. The van der Waals surface area contributed by atoms with Gasteiger partial charge in [0.05, 0.1) is 0 Å². The molecule has 0 unspecified atom stereocenters. The molecule has 7 heteroatoms. The first-order valence-electron chi connectivity index (χ1n) is 3.99. The van der Waals surface area contributed by atoms with Crippen LogP contribution in [0.5, 0.6) is 0 Å². The summed E-state index contributed by atoms with van der Waals surface area (Å²) in [5, 5.41) is 0. The molecule has 0 fully saturated rings. The third kappa shape index (κ3) is 8.56. The van der Waals surface area contributed by atoms with Crippen LogP contribution in [0.25, 0.3) is 0 Å². The van der Waals surface area contributed by atoms with Gasteiger partial charge in [-0.15, -0.1) is 10.9 Å². The second-order valence-corrected chi connectivity index (χ2v) is 3.63. The quantitative estimate of drug-likeness (QED) is 0.403. The van der Waals surface area contributed by atoms with Crippen LogP contribution >= 0.6 is 8.58 Å². The van der Waals surface area contributed by atoms with E-state index in [9.17, 15) is 0 Å². The first-order valence-corrected chi connectivity index (χ1v) is 4.88. The molecule has 2 rings (SSSR count). The van der Waals surface area contributed by atoms with Gasteiger partial charge in [0.1, 0.15) is 0 Å². The summed E-state index contributed by atoms with van der Waals surface area (Å²) in [5.41, 5.74) is 2.06. The van der Waals surface area contributed by atoms with Crippen LogP contribution in [0.4, 0.5) is 0 Å². The molecule has 0 spiro atoms. The van der Waals surface area contributed by atoms with Gasteiger partial charge in [-0.25, -0.2) is 0 Å². The fraction of sp³-hybridized carbons (Fsp3) is 0. The zero-order valence-electron chi connectivity index (χ0n) is 9.42. The van der Waals surface area contributed by atoms with Crippen molar-refractivity contribution in [3.05, 3.63) is 48.8 Å². The summed E-state index contributed by atoms with van der Waals surface area (Å²) in [6, 6.07) is 11.8. The maximum absolute atomic E-state index is 4.22. The Labute approximate surface area is 148 Å². The second kappa shape index (κ2) is 13.3. The van der Waals surface area contributed by atoms with E-state index in [1.54, 1.807) is 12.4 Å². The molecular weight excluding hydrogens is 326 g/mol. The number of hydrogen-bond donors (Lipinski definition) is 0. The van der Waals surface area contributed by atoms with E-state index in [0.29, 0.717) is 0 Å². The molecule has 0 aliphatic carbocycles. The van der Waals surface area contributed by atoms with E-state index in [0.717, 1.165) is 19.5 Å². The predicted octanol–water partition coefficient (Wildman–Crippen LogP) is -8.00. The van der Waals surface area contributed by atoms with Crippen LogP contribution in [-0.2, 0) is 0 Å². The molecule has 0 bridgehead atoms. The monoisotopic (exact) mass is 332 g/mol. The van der Waals surface area contributed by atoms with Crippen LogP contribution in [0.15, 0.2) is 48.8 Å². The Kier molecular flexibility index (Phi) is 18.0. The van der Waals surface area contributed by atoms with Crippen molar-refractivity contribution >= 4 is 42.5 Å². The molecule has 0 saturated carbocycles. The van der Waals surface area contributed by atoms with Gasteiger partial charge in [-0.3, -0.25) is 9.97 Å². The minimum Gasteiger partial charge on any atom is -1.00 e. The number of pyridine rings is 2. The number of hydrogen-bond acceptors (Lipinski definition) is 2. The third-order valence-electron chi connectivity index (χ3n) is 1.53. The van der Waals surface area contributed by atoms with Gasteiger partial charge in [0.15, 0.2) is 0 Å². The Morgan fingerprint density at radius 2 is 1.24 bits per heavy atom. The van der Waals surface area contributed by atoms with Crippen LogP contribution in [0.2, 0.25) is 0 Å². The molecule has 0 atom stereocenters. The fourth-order valence-electron chi connectivity index (χ4n) is 0.957. The Morgan fingerprint density at radius 1 is 0.824 bits per heavy atom. The topological polar surface area (TPSA) is 25.8 Å². The Hall–Kier alpha value is 0.864. The van der Waals surface area contributed by atoms with Crippen LogP contribution in [0, 0.1) is 0 Å². The predicted molar refractivity (Wildman–Crippen MR) is 60.4 cm³/mol. The largest absolute Gasteiger partial charge is 2.00 e. The van der Waals surface area contributed by atoms with Crippen molar-refractivity contribution < 1.29 is 48.2 Å². The van der Waals surface area contributed by atoms with E-state index in [4.69, 9.17) is 0 Å². The van der Waals surface area contributed by atoms with Gasteiger partial charge in [0.25, 0.3) is 0 Å². The van der Waals surface area contributed by atoms with Crippen LogP contribution in [-0.4, -0.2) is 33.0 Å². The molecule has 0 aliphatic rings. The second-order valence-electron chi connectivity index (χ2n) is 2.49. The van der Waals surface area contributed by atoms with Crippen LogP contribution < -0.4 is 59.1 Å². The van der Waals surface area contributed by atoms with Gasteiger partial charge in [-0.2, -0.15) is 0 Å². The Morgan fingerprint density at radius 3 is 1.53 bits per heavy atom. The molecule has 2 nitrogen and oxygen atoms in total. The molecule has 0 radical (unpaired) electrons.